The Hall–Kier alpha value is -0.0500. The van der Waals surface area contributed by atoms with Gasteiger partial charge in [0.05, 0.1) is 6.10 Å². The quantitative estimate of drug-likeness (QED) is 0.697. The molecule has 0 aliphatic carbocycles. The zero-order valence-corrected chi connectivity index (χ0v) is 8.61. The standard InChI is InChI=1S/C10H16ClNO/c1-12-7-2-3-9(12)8(4-5-11)10(13)6-7/h4-5,7-10,13H,2-3,6H2,1H3/b5-4+/t7-,8+,9+,10-/m0/s1. The van der Waals surface area contributed by atoms with Crippen molar-refractivity contribution in [1.82, 2.24) is 4.90 Å². The van der Waals surface area contributed by atoms with E-state index in [9.17, 15) is 5.11 Å². The van der Waals surface area contributed by atoms with E-state index < -0.39 is 0 Å². The number of halogens is 1. The lowest BCUT2D eigenvalue weighted by Crippen LogP contribution is -2.48. The van der Waals surface area contributed by atoms with Gasteiger partial charge in [0.2, 0.25) is 0 Å². The predicted octanol–water partition coefficient (Wildman–Crippen LogP) is 1.58. The minimum absolute atomic E-state index is 0.191. The molecule has 2 aliphatic heterocycles. The topological polar surface area (TPSA) is 23.5 Å². The summed E-state index contributed by atoms with van der Waals surface area (Å²) in [6, 6.07) is 1.10. The molecule has 0 unspecified atom stereocenters. The summed E-state index contributed by atoms with van der Waals surface area (Å²) >= 11 is 5.57. The highest BCUT2D eigenvalue weighted by molar-refractivity contribution is 6.25. The molecular weight excluding hydrogens is 186 g/mol. The zero-order valence-electron chi connectivity index (χ0n) is 7.86. The Morgan fingerprint density at radius 3 is 2.92 bits per heavy atom. The van der Waals surface area contributed by atoms with Gasteiger partial charge in [0.25, 0.3) is 0 Å². The van der Waals surface area contributed by atoms with Gasteiger partial charge in [-0.15, -0.1) is 0 Å². The molecule has 0 spiro atoms. The molecule has 0 amide bonds. The number of rotatable bonds is 1. The van der Waals surface area contributed by atoms with Gasteiger partial charge in [-0.05, 0) is 26.3 Å². The largest absolute Gasteiger partial charge is 0.392 e. The van der Waals surface area contributed by atoms with Crippen LogP contribution >= 0.6 is 11.6 Å². The lowest BCUT2D eigenvalue weighted by Gasteiger charge is -2.39. The molecule has 0 aromatic carbocycles. The predicted molar refractivity (Wildman–Crippen MR) is 53.7 cm³/mol. The first-order valence-corrected chi connectivity index (χ1v) is 5.34. The van der Waals surface area contributed by atoms with Crippen molar-refractivity contribution in [1.29, 1.82) is 0 Å². The highest BCUT2D eigenvalue weighted by Gasteiger charge is 2.43. The van der Waals surface area contributed by atoms with Crippen molar-refractivity contribution in [3.8, 4) is 0 Å². The molecule has 74 valence electrons. The van der Waals surface area contributed by atoms with Crippen LogP contribution in [0.1, 0.15) is 19.3 Å². The summed E-state index contributed by atoms with van der Waals surface area (Å²) in [5.41, 5.74) is 1.54. The van der Waals surface area contributed by atoms with Crippen LogP contribution < -0.4 is 0 Å². The number of nitrogens with zero attached hydrogens (tertiary/aromatic N) is 1. The Labute approximate surface area is 84.2 Å². The molecule has 3 heteroatoms. The van der Waals surface area contributed by atoms with Crippen LogP contribution in [0, 0.1) is 5.92 Å². The highest BCUT2D eigenvalue weighted by Crippen LogP contribution is 2.38. The maximum Gasteiger partial charge on any atom is 0.0633 e. The fourth-order valence-corrected chi connectivity index (χ4v) is 2.99. The fraction of sp³-hybridized carbons (Fsp3) is 0.800. The third kappa shape index (κ3) is 1.51. The Bertz CT molecular complexity index is 219. The second kappa shape index (κ2) is 3.60. The maximum absolute atomic E-state index is 9.86. The molecule has 13 heavy (non-hydrogen) atoms. The molecule has 2 saturated heterocycles. The zero-order chi connectivity index (χ0) is 9.42. The first-order valence-electron chi connectivity index (χ1n) is 4.91. The van der Waals surface area contributed by atoms with Crippen molar-refractivity contribution >= 4 is 11.6 Å². The van der Waals surface area contributed by atoms with Crippen LogP contribution in [0.5, 0.6) is 0 Å². The lowest BCUT2D eigenvalue weighted by molar-refractivity contribution is 0.0140. The van der Waals surface area contributed by atoms with Gasteiger partial charge in [-0.3, -0.25) is 4.90 Å². The first kappa shape index (κ1) is 9.50. The van der Waals surface area contributed by atoms with Crippen LogP contribution in [-0.4, -0.2) is 35.2 Å². The van der Waals surface area contributed by atoms with E-state index in [1.807, 2.05) is 6.08 Å². The minimum Gasteiger partial charge on any atom is -0.392 e. The van der Waals surface area contributed by atoms with Crippen LogP contribution in [0.4, 0.5) is 0 Å². The molecule has 1 N–H and O–H groups in total. The summed E-state index contributed by atoms with van der Waals surface area (Å²) in [6.07, 6.45) is 5.08. The Morgan fingerprint density at radius 2 is 2.23 bits per heavy atom. The molecule has 2 heterocycles. The summed E-state index contributed by atoms with van der Waals surface area (Å²) < 4.78 is 0. The molecule has 0 aromatic rings. The van der Waals surface area contributed by atoms with Gasteiger partial charge < -0.3 is 5.11 Å². The monoisotopic (exact) mass is 201 g/mol. The Morgan fingerprint density at radius 1 is 1.46 bits per heavy atom. The molecule has 2 aliphatic rings. The normalized spacial score (nSPS) is 46.1. The van der Waals surface area contributed by atoms with E-state index in [1.165, 1.54) is 12.8 Å². The number of piperidine rings is 1. The van der Waals surface area contributed by atoms with Crippen molar-refractivity contribution in [3.63, 3.8) is 0 Å². The van der Waals surface area contributed by atoms with Crippen molar-refractivity contribution in [3.05, 3.63) is 11.6 Å². The van der Waals surface area contributed by atoms with E-state index in [1.54, 1.807) is 5.54 Å². The number of aliphatic hydroxyl groups excluding tert-OH is 1. The molecular formula is C10H16ClNO. The lowest BCUT2D eigenvalue weighted by atomic mass is 9.88. The first-order chi connectivity index (χ1) is 6.24. The van der Waals surface area contributed by atoms with Crippen LogP contribution in [0.25, 0.3) is 0 Å². The van der Waals surface area contributed by atoms with Crippen molar-refractivity contribution in [2.75, 3.05) is 7.05 Å². The fourth-order valence-electron chi connectivity index (χ4n) is 2.82. The summed E-state index contributed by atoms with van der Waals surface area (Å²) in [6.45, 7) is 0. The average molecular weight is 202 g/mol. The SMILES string of the molecule is CN1[C@H]2CC[C@@H]1[C@@H](/C=C/Cl)[C@@H](O)C2. The van der Waals surface area contributed by atoms with E-state index >= 15 is 0 Å². The molecule has 2 rings (SSSR count). The third-order valence-corrected chi connectivity index (χ3v) is 3.74. The summed E-state index contributed by atoms with van der Waals surface area (Å²) in [5.74, 6) is 0.237. The number of fused-ring (bicyclic) bond motifs is 2. The molecule has 2 bridgehead atoms. The van der Waals surface area contributed by atoms with Crippen LogP contribution in [0.15, 0.2) is 11.6 Å². The number of aliphatic hydroxyl groups is 1. The minimum atomic E-state index is -0.191. The average Bonchev–Trinajstić information content (AvgIpc) is 2.34. The highest BCUT2D eigenvalue weighted by atomic mass is 35.5. The molecule has 4 atom stereocenters. The molecule has 0 radical (unpaired) electrons. The summed E-state index contributed by atoms with van der Waals surface area (Å²) in [4.78, 5) is 2.40. The Kier molecular flexibility index (Phi) is 2.63. The van der Waals surface area contributed by atoms with Gasteiger partial charge in [0.15, 0.2) is 0 Å². The maximum atomic E-state index is 9.86. The summed E-state index contributed by atoms with van der Waals surface area (Å²) in [5, 5.41) is 9.86. The van der Waals surface area contributed by atoms with E-state index in [0.29, 0.717) is 12.1 Å². The smallest absolute Gasteiger partial charge is 0.0633 e. The van der Waals surface area contributed by atoms with Crippen LogP contribution in [0.2, 0.25) is 0 Å². The van der Waals surface area contributed by atoms with E-state index in [2.05, 4.69) is 11.9 Å². The van der Waals surface area contributed by atoms with Crippen molar-refractivity contribution in [2.45, 2.75) is 37.5 Å². The third-order valence-electron chi connectivity index (χ3n) is 3.59. The molecule has 0 saturated carbocycles. The van der Waals surface area contributed by atoms with E-state index in [4.69, 9.17) is 11.6 Å². The van der Waals surface area contributed by atoms with Gasteiger partial charge in [-0.2, -0.15) is 0 Å². The Balaban J connectivity index is 2.16. The second-order valence-electron chi connectivity index (χ2n) is 4.16. The molecule has 2 nitrogen and oxygen atoms in total. The van der Waals surface area contributed by atoms with Gasteiger partial charge in [0.1, 0.15) is 0 Å². The second-order valence-corrected chi connectivity index (χ2v) is 4.41. The van der Waals surface area contributed by atoms with Gasteiger partial charge >= 0.3 is 0 Å². The van der Waals surface area contributed by atoms with Crippen LogP contribution in [-0.2, 0) is 0 Å². The van der Waals surface area contributed by atoms with Crippen molar-refractivity contribution < 1.29 is 5.11 Å². The van der Waals surface area contributed by atoms with Crippen LogP contribution in [0.3, 0.4) is 0 Å². The van der Waals surface area contributed by atoms with Gasteiger partial charge in [-0.25, -0.2) is 0 Å². The summed E-state index contributed by atoms with van der Waals surface area (Å²) in [7, 11) is 2.16. The molecule has 0 aromatic heterocycles. The molecule has 2 fully saturated rings. The number of hydrogen-bond acceptors (Lipinski definition) is 2. The van der Waals surface area contributed by atoms with Crippen molar-refractivity contribution in [2.24, 2.45) is 5.92 Å². The van der Waals surface area contributed by atoms with E-state index in [0.717, 1.165) is 6.42 Å². The van der Waals surface area contributed by atoms with E-state index in [-0.39, 0.29) is 12.0 Å². The van der Waals surface area contributed by atoms with Gasteiger partial charge in [0, 0.05) is 23.5 Å². The number of hydrogen-bond donors (Lipinski definition) is 1. The van der Waals surface area contributed by atoms with Gasteiger partial charge in [-0.1, -0.05) is 17.7 Å².